The van der Waals surface area contributed by atoms with Gasteiger partial charge in [-0.05, 0) is 33.0 Å². The van der Waals surface area contributed by atoms with E-state index in [1.165, 1.54) is 4.99 Å². The third kappa shape index (κ3) is 3.42. The average molecular weight is 505 g/mol. The molecule has 0 spiro atoms. The molecule has 24 heavy (non-hydrogen) atoms. The second-order valence-corrected chi connectivity index (χ2v) is 6.50. The van der Waals surface area contributed by atoms with E-state index in [9.17, 15) is 18.4 Å². The molecule has 2 N–H and O–H groups in total. The summed E-state index contributed by atoms with van der Waals surface area (Å²) >= 11 is 18.2. The molecular weight excluding hydrogens is 500 g/mol. The smallest absolute Gasteiger partial charge is 0.383 e. The minimum Gasteiger partial charge on any atom is -0.383 e. The number of nitrogen functional groups attached to an aromatic ring is 1. The Morgan fingerprint density at radius 3 is 2.29 bits per heavy atom. The summed E-state index contributed by atoms with van der Waals surface area (Å²) in [6.45, 7) is 0. The summed E-state index contributed by atoms with van der Waals surface area (Å²) in [4.78, 5) is 1.46. The normalized spacial score (nSPS) is 12.3. The van der Waals surface area contributed by atoms with Crippen LogP contribution in [0.4, 0.5) is 19.0 Å². The molecule has 0 bridgehead atoms. The van der Waals surface area contributed by atoms with Crippen LogP contribution in [0.25, 0.3) is 10.2 Å². The van der Waals surface area contributed by atoms with Crippen molar-refractivity contribution >= 4 is 65.4 Å². The second kappa shape index (κ2) is 6.96. The molecular formula is C13H5Br2Cl2F3N4. The first kappa shape index (κ1) is 19.1. The van der Waals surface area contributed by atoms with Crippen LogP contribution in [0.2, 0.25) is 10.0 Å². The molecule has 0 aliphatic carbocycles. The summed E-state index contributed by atoms with van der Waals surface area (Å²) in [6, 6.07) is 3.27. The number of rotatable bonds is 2. The Morgan fingerprint density at radius 2 is 1.88 bits per heavy atom. The van der Waals surface area contributed by atoms with Crippen molar-refractivity contribution in [2.45, 2.75) is 6.18 Å². The number of alkyl halides is 3. The Balaban J connectivity index is 2.75. The third-order valence-electron chi connectivity index (χ3n) is 2.92. The molecule has 0 atom stereocenters. The summed E-state index contributed by atoms with van der Waals surface area (Å²) in [5, 5.41) is 12.5. The maximum Gasteiger partial charge on any atom is 0.416 e. The first-order valence-corrected chi connectivity index (χ1v) is 8.39. The van der Waals surface area contributed by atoms with Crippen LogP contribution < -0.4 is 5.73 Å². The van der Waals surface area contributed by atoms with Gasteiger partial charge in [-0.25, -0.2) is 4.68 Å². The fraction of sp³-hybridized carbons (Fsp3) is 0.0769. The average Bonchev–Trinajstić information content (AvgIpc) is 2.81. The maximum absolute atomic E-state index is 12.8. The Kier molecular flexibility index (Phi) is 5.54. The van der Waals surface area contributed by atoms with Gasteiger partial charge in [-0.3, -0.25) is 0 Å². The van der Waals surface area contributed by atoms with E-state index in [1.54, 1.807) is 0 Å². The topological polar surface area (TPSA) is 67.6 Å². The van der Waals surface area contributed by atoms with Gasteiger partial charge in [0.1, 0.15) is 17.6 Å². The quantitative estimate of drug-likeness (QED) is 0.567. The fourth-order valence-corrected chi connectivity index (χ4v) is 3.17. The van der Waals surface area contributed by atoms with Crippen molar-refractivity contribution < 1.29 is 13.2 Å². The van der Waals surface area contributed by atoms with E-state index in [4.69, 9.17) is 28.9 Å². The molecule has 126 valence electrons. The SMILES string of the molecule is N#Cc1nn(-c2c(Cl)cc(C(F)(F)F)cc2Cl)c(N)c1/C(Br)=C\Br. The molecule has 2 aromatic rings. The van der Waals surface area contributed by atoms with Gasteiger partial charge in [0.2, 0.25) is 0 Å². The monoisotopic (exact) mass is 502 g/mol. The number of halogens is 7. The summed E-state index contributed by atoms with van der Waals surface area (Å²) < 4.78 is 39.9. The molecule has 0 aliphatic rings. The molecule has 1 aromatic heterocycles. The largest absolute Gasteiger partial charge is 0.416 e. The lowest BCUT2D eigenvalue weighted by Gasteiger charge is -2.13. The zero-order valence-electron chi connectivity index (χ0n) is 11.3. The number of nitrogens with zero attached hydrogens (tertiary/aromatic N) is 3. The molecule has 4 nitrogen and oxygen atoms in total. The number of benzene rings is 1. The van der Waals surface area contributed by atoms with Crippen molar-refractivity contribution in [3.05, 3.63) is 44.0 Å². The van der Waals surface area contributed by atoms with Crippen LogP contribution in [0, 0.1) is 11.3 Å². The summed E-state index contributed by atoms with van der Waals surface area (Å²) in [5.41, 5.74) is 5.11. The molecule has 11 heteroatoms. The lowest BCUT2D eigenvalue weighted by atomic mass is 10.2. The van der Waals surface area contributed by atoms with Crippen molar-refractivity contribution in [2.75, 3.05) is 5.73 Å². The van der Waals surface area contributed by atoms with E-state index in [-0.39, 0.29) is 32.8 Å². The van der Waals surface area contributed by atoms with Crippen LogP contribution in [0.3, 0.4) is 0 Å². The zero-order valence-corrected chi connectivity index (χ0v) is 16.0. The van der Waals surface area contributed by atoms with Crippen molar-refractivity contribution in [2.24, 2.45) is 0 Å². The number of hydrogen-bond donors (Lipinski definition) is 1. The predicted molar refractivity (Wildman–Crippen MR) is 93.5 cm³/mol. The molecule has 1 heterocycles. The number of hydrogen-bond acceptors (Lipinski definition) is 3. The number of nitriles is 1. The van der Waals surface area contributed by atoms with Crippen LogP contribution in [0.5, 0.6) is 0 Å². The highest BCUT2D eigenvalue weighted by Crippen LogP contribution is 2.40. The van der Waals surface area contributed by atoms with E-state index in [1.807, 2.05) is 6.07 Å². The first-order valence-electron chi connectivity index (χ1n) is 5.93. The van der Waals surface area contributed by atoms with Crippen molar-refractivity contribution in [1.82, 2.24) is 9.78 Å². The molecule has 0 fully saturated rings. The zero-order chi connectivity index (χ0) is 18.2. The highest BCUT2D eigenvalue weighted by atomic mass is 79.9. The summed E-state index contributed by atoms with van der Waals surface area (Å²) in [6.07, 6.45) is -4.60. The molecule has 0 saturated carbocycles. The highest BCUT2D eigenvalue weighted by molar-refractivity contribution is 9.16. The minimum atomic E-state index is -4.60. The van der Waals surface area contributed by atoms with Crippen LogP contribution in [-0.4, -0.2) is 9.78 Å². The third-order valence-corrected chi connectivity index (χ3v) is 5.19. The number of nitrogens with two attached hydrogens (primary N) is 1. The molecule has 0 unspecified atom stereocenters. The predicted octanol–water partition coefficient (Wildman–Crippen LogP) is 5.74. The standard InChI is InChI=1S/C13H5Br2Cl2F3N4/c14-3-6(15)10-9(4-21)23-24(12(10)22)11-7(16)1-5(2-8(11)17)13(18,19)20/h1-3H,22H2/b6-3+. The van der Waals surface area contributed by atoms with Gasteiger partial charge in [0.15, 0.2) is 5.69 Å². The first-order chi connectivity index (χ1) is 11.1. The van der Waals surface area contributed by atoms with E-state index < -0.39 is 11.7 Å². The number of anilines is 1. The molecule has 0 amide bonds. The van der Waals surface area contributed by atoms with Crippen LogP contribution in [-0.2, 0) is 6.18 Å². The van der Waals surface area contributed by atoms with E-state index in [2.05, 4.69) is 37.0 Å². The van der Waals surface area contributed by atoms with E-state index in [0.717, 1.165) is 4.68 Å². The molecule has 2 rings (SSSR count). The van der Waals surface area contributed by atoms with Crippen LogP contribution in [0.1, 0.15) is 16.8 Å². The van der Waals surface area contributed by atoms with E-state index >= 15 is 0 Å². The Bertz CT molecular complexity index is 862. The van der Waals surface area contributed by atoms with Gasteiger partial charge in [0, 0.05) is 4.48 Å². The lowest BCUT2D eigenvalue weighted by molar-refractivity contribution is -0.137. The lowest BCUT2D eigenvalue weighted by Crippen LogP contribution is -2.08. The van der Waals surface area contributed by atoms with Gasteiger partial charge < -0.3 is 5.73 Å². The number of aromatic nitrogens is 2. The summed E-state index contributed by atoms with van der Waals surface area (Å²) in [7, 11) is 0. The van der Waals surface area contributed by atoms with Gasteiger partial charge in [-0.2, -0.15) is 23.5 Å². The fourth-order valence-electron chi connectivity index (χ4n) is 1.90. The highest BCUT2D eigenvalue weighted by Gasteiger charge is 2.33. The van der Waals surface area contributed by atoms with Gasteiger partial charge >= 0.3 is 6.18 Å². The van der Waals surface area contributed by atoms with E-state index in [0.29, 0.717) is 16.6 Å². The van der Waals surface area contributed by atoms with Gasteiger partial charge in [0.25, 0.3) is 0 Å². The van der Waals surface area contributed by atoms with Crippen molar-refractivity contribution in [1.29, 1.82) is 5.26 Å². The van der Waals surface area contributed by atoms with Gasteiger partial charge in [-0.1, -0.05) is 39.1 Å². The van der Waals surface area contributed by atoms with Crippen molar-refractivity contribution in [3.8, 4) is 11.8 Å². The summed E-state index contributed by atoms with van der Waals surface area (Å²) in [5.74, 6) is -0.0160. The Morgan fingerprint density at radius 1 is 1.33 bits per heavy atom. The molecule has 1 aromatic carbocycles. The molecule has 0 aliphatic heterocycles. The van der Waals surface area contributed by atoms with Crippen molar-refractivity contribution in [3.63, 3.8) is 0 Å². The molecule has 0 saturated heterocycles. The minimum absolute atomic E-state index is 0.0160. The molecule has 0 radical (unpaired) electrons. The Hall–Kier alpha value is -1.21. The van der Waals surface area contributed by atoms with Crippen LogP contribution >= 0.6 is 55.1 Å². The van der Waals surface area contributed by atoms with Crippen LogP contribution in [0.15, 0.2) is 17.1 Å². The Labute approximate surface area is 160 Å². The maximum atomic E-state index is 12.8. The van der Waals surface area contributed by atoms with Gasteiger partial charge in [-0.15, -0.1) is 0 Å². The van der Waals surface area contributed by atoms with Gasteiger partial charge in [0.05, 0.1) is 21.2 Å². The second-order valence-electron chi connectivity index (χ2n) is 4.38.